The minimum atomic E-state index is 0. The van der Waals surface area contributed by atoms with Crippen LogP contribution in [0.15, 0.2) is 24.3 Å². The summed E-state index contributed by atoms with van der Waals surface area (Å²) in [6.07, 6.45) is 2.57. The number of nitrogens with zero attached hydrogens (tertiary/aromatic N) is 2. The van der Waals surface area contributed by atoms with Gasteiger partial charge in [0.1, 0.15) is 0 Å². The van der Waals surface area contributed by atoms with E-state index in [2.05, 4.69) is 29.2 Å². The number of likely N-dealkylation sites (tertiary alicyclic amines) is 1. The van der Waals surface area contributed by atoms with Crippen LogP contribution in [0.3, 0.4) is 0 Å². The molecule has 0 aliphatic carbocycles. The summed E-state index contributed by atoms with van der Waals surface area (Å²) in [4.78, 5) is 16.2. The molecular formula is C15H24ClN3O. The van der Waals surface area contributed by atoms with Gasteiger partial charge < -0.3 is 15.5 Å². The van der Waals surface area contributed by atoms with Crippen LogP contribution in [0.5, 0.6) is 0 Å². The Bertz CT molecular complexity index is 450. The van der Waals surface area contributed by atoms with Gasteiger partial charge in [0.05, 0.1) is 6.04 Å². The SMILES string of the molecule is CN(C)c1cccc(C2CCCN2C(=O)CCN)c1.Cl. The zero-order valence-electron chi connectivity index (χ0n) is 12.2. The maximum Gasteiger partial charge on any atom is 0.224 e. The average molecular weight is 298 g/mol. The molecule has 1 aliphatic rings. The zero-order valence-corrected chi connectivity index (χ0v) is 13.0. The number of benzene rings is 1. The average Bonchev–Trinajstić information content (AvgIpc) is 2.88. The van der Waals surface area contributed by atoms with Gasteiger partial charge in [0.25, 0.3) is 0 Å². The monoisotopic (exact) mass is 297 g/mol. The van der Waals surface area contributed by atoms with Crippen molar-refractivity contribution in [3.05, 3.63) is 29.8 Å². The first kappa shape index (κ1) is 16.8. The maximum absolute atomic E-state index is 12.1. The van der Waals surface area contributed by atoms with Crippen LogP contribution in [0.25, 0.3) is 0 Å². The summed E-state index contributed by atoms with van der Waals surface area (Å²) in [6, 6.07) is 8.67. The van der Waals surface area contributed by atoms with Crippen molar-refractivity contribution >= 4 is 24.0 Å². The molecule has 4 nitrogen and oxygen atoms in total. The highest BCUT2D eigenvalue weighted by atomic mass is 35.5. The van der Waals surface area contributed by atoms with E-state index in [1.54, 1.807) is 0 Å². The molecule has 1 saturated heterocycles. The molecule has 1 fully saturated rings. The number of nitrogens with two attached hydrogens (primary N) is 1. The predicted molar refractivity (Wildman–Crippen MR) is 85.4 cm³/mol. The standard InChI is InChI=1S/C15H23N3O.ClH/c1-17(2)13-6-3-5-12(11-13)14-7-4-10-18(14)15(19)8-9-16;/h3,5-6,11,14H,4,7-10,16H2,1-2H3;1H. The second kappa shape index (κ2) is 7.50. The van der Waals surface area contributed by atoms with Gasteiger partial charge in [0.2, 0.25) is 5.91 Å². The van der Waals surface area contributed by atoms with E-state index in [0.29, 0.717) is 13.0 Å². The van der Waals surface area contributed by atoms with Crippen molar-refractivity contribution in [3.8, 4) is 0 Å². The molecule has 2 N–H and O–H groups in total. The van der Waals surface area contributed by atoms with E-state index in [-0.39, 0.29) is 24.4 Å². The van der Waals surface area contributed by atoms with E-state index in [1.807, 2.05) is 19.0 Å². The molecule has 5 heteroatoms. The molecule has 2 rings (SSSR count). The largest absolute Gasteiger partial charge is 0.378 e. The van der Waals surface area contributed by atoms with Crippen molar-refractivity contribution in [1.29, 1.82) is 0 Å². The summed E-state index contributed by atoms with van der Waals surface area (Å²) in [5.74, 6) is 0.181. The Morgan fingerprint density at radius 3 is 2.85 bits per heavy atom. The Hall–Kier alpha value is -1.26. The summed E-state index contributed by atoms with van der Waals surface area (Å²) < 4.78 is 0. The molecule has 1 unspecified atom stereocenters. The van der Waals surface area contributed by atoms with Crippen LogP contribution in [0, 0.1) is 0 Å². The third kappa shape index (κ3) is 3.64. The molecule has 112 valence electrons. The minimum Gasteiger partial charge on any atom is -0.378 e. The molecule has 0 aromatic heterocycles. The van der Waals surface area contributed by atoms with Gasteiger partial charge in [-0.25, -0.2) is 0 Å². The van der Waals surface area contributed by atoms with Crippen molar-refractivity contribution < 1.29 is 4.79 Å². The molecule has 1 atom stereocenters. The number of hydrogen-bond acceptors (Lipinski definition) is 3. The number of amides is 1. The Morgan fingerprint density at radius 1 is 1.45 bits per heavy atom. The summed E-state index contributed by atoms with van der Waals surface area (Å²) >= 11 is 0. The smallest absolute Gasteiger partial charge is 0.224 e. The van der Waals surface area contributed by atoms with E-state index >= 15 is 0 Å². The third-order valence-corrected chi connectivity index (χ3v) is 3.70. The normalized spacial score (nSPS) is 17.8. The lowest BCUT2D eigenvalue weighted by atomic mass is 10.0. The summed E-state index contributed by atoms with van der Waals surface area (Å²) in [5.41, 5.74) is 7.90. The number of hydrogen-bond donors (Lipinski definition) is 1. The van der Waals surface area contributed by atoms with Crippen LogP contribution in [0.1, 0.15) is 30.9 Å². The fraction of sp³-hybridized carbons (Fsp3) is 0.533. The molecule has 1 aromatic rings. The highest BCUT2D eigenvalue weighted by Gasteiger charge is 2.29. The number of carbonyl (C=O) groups is 1. The van der Waals surface area contributed by atoms with E-state index in [0.717, 1.165) is 19.4 Å². The number of anilines is 1. The van der Waals surface area contributed by atoms with Crippen molar-refractivity contribution in [3.63, 3.8) is 0 Å². The number of halogens is 1. The van der Waals surface area contributed by atoms with Crippen LogP contribution >= 0.6 is 12.4 Å². The van der Waals surface area contributed by atoms with Crippen LogP contribution in [-0.4, -0.2) is 38.0 Å². The lowest BCUT2D eigenvalue weighted by molar-refractivity contribution is -0.131. The van der Waals surface area contributed by atoms with Gasteiger partial charge in [0, 0.05) is 39.3 Å². The lowest BCUT2D eigenvalue weighted by Gasteiger charge is -2.26. The molecule has 1 aromatic carbocycles. The second-order valence-electron chi connectivity index (χ2n) is 5.27. The first-order valence-electron chi connectivity index (χ1n) is 6.90. The van der Waals surface area contributed by atoms with Crippen molar-refractivity contribution in [1.82, 2.24) is 4.90 Å². The van der Waals surface area contributed by atoms with Crippen LogP contribution in [-0.2, 0) is 4.79 Å². The van der Waals surface area contributed by atoms with Crippen LogP contribution < -0.4 is 10.6 Å². The van der Waals surface area contributed by atoms with Gasteiger partial charge in [-0.15, -0.1) is 12.4 Å². The van der Waals surface area contributed by atoms with E-state index in [9.17, 15) is 4.79 Å². The number of rotatable bonds is 4. The molecular weight excluding hydrogens is 274 g/mol. The molecule has 1 amide bonds. The van der Waals surface area contributed by atoms with Gasteiger partial charge in [-0.2, -0.15) is 0 Å². The Balaban J connectivity index is 0.00000200. The highest BCUT2D eigenvalue weighted by Crippen LogP contribution is 2.33. The number of carbonyl (C=O) groups excluding carboxylic acids is 1. The Morgan fingerprint density at radius 2 is 2.20 bits per heavy atom. The van der Waals surface area contributed by atoms with Gasteiger partial charge >= 0.3 is 0 Å². The van der Waals surface area contributed by atoms with E-state index < -0.39 is 0 Å². The van der Waals surface area contributed by atoms with Crippen molar-refractivity contribution in [2.45, 2.75) is 25.3 Å². The van der Waals surface area contributed by atoms with E-state index in [4.69, 9.17) is 5.73 Å². The van der Waals surface area contributed by atoms with Crippen molar-refractivity contribution in [2.24, 2.45) is 5.73 Å². The highest BCUT2D eigenvalue weighted by molar-refractivity contribution is 5.85. The fourth-order valence-corrected chi connectivity index (χ4v) is 2.69. The maximum atomic E-state index is 12.1. The Kier molecular flexibility index (Phi) is 6.30. The van der Waals surface area contributed by atoms with Gasteiger partial charge in [-0.3, -0.25) is 4.79 Å². The lowest BCUT2D eigenvalue weighted by Crippen LogP contribution is -2.31. The van der Waals surface area contributed by atoms with E-state index in [1.165, 1.54) is 11.3 Å². The zero-order chi connectivity index (χ0) is 13.8. The topological polar surface area (TPSA) is 49.6 Å². The molecule has 20 heavy (non-hydrogen) atoms. The summed E-state index contributed by atoms with van der Waals surface area (Å²) in [6.45, 7) is 1.29. The fourth-order valence-electron chi connectivity index (χ4n) is 2.69. The first-order chi connectivity index (χ1) is 9.13. The Labute approximate surface area is 127 Å². The quantitative estimate of drug-likeness (QED) is 0.927. The van der Waals surface area contributed by atoms with Crippen LogP contribution in [0.4, 0.5) is 5.69 Å². The second-order valence-corrected chi connectivity index (χ2v) is 5.27. The molecule has 0 radical (unpaired) electrons. The first-order valence-corrected chi connectivity index (χ1v) is 6.90. The van der Waals surface area contributed by atoms with Gasteiger partial charge in [0.15, 0.2) is 0 Å². The molecule has 0 saturated carbocycles. The summed E-state index contributed by atoms with van der Waals surface area (Å²) in [5, 5.41) is 0. The minimum absolute atomic E-state index is 0. The summed E-state index contributed by atoms with van der Waals surface area (Å²) in [7, 11) is 4.07. The van der Waals surface area contributed by atoms with Crippen molar-refractivity contribution in [2.75, 3.05) is 32.1 Å². The molecule has 1 aliphatic heterocycles. The van der Waals surface area contributed by atoms with Crippen LogP contribution in [0.2, 0.25) is 0 Å². The van der Waals surface area contributed by atoms with Gasteiger partial charge in [-0.1, -0.05) is 12.1 Å². The van der Waals surface area contributed by atoms with Gasteiger partial charge in [-0.05, 0) is 30.5 Å². The molecule has 1 heterocycles. The third-order valence-electron chi connectivity index (χ3n) is 3.70. The predicted octanol–water partition coefficient (Wildman–Crippen LogP) is 2.19. The molecule has 0 bridgehead atoms. The molecule has 0 spiro atoms.